The smallest absolute Gasteiger partial charge is 0.0764 e. The number of nitrogens with two attached hydrogens (primary N) is 1. The van der Waals surface area contributed by atoms with Crippen LogP contribution < -0.4 is 5.73 Å². The van der Waals surface area contributed by atoms with Gasteiger partial charge in [-0.25, -0.2) is 0 Å². The monoisotopic (exact) mass is 119 g/mol. The van der Waals surface area contributed by atoms with E-state index < -0.39 is 11.6 Å². The van der Waals surface area contributed by atoms with E-state index in [-0.39, 0.29) is 6.61 Å². The highest BCUT2D eigenvalue weighted by Crippen LogP contribution is 2.03. The molecule has 0 radical (unpaired) electrons. The van der Waals surface area contributed by atoms with Crippen LogP contribution >= 0.6 is 0 Å². The topological polar surface area (TPSA) is 66.5 Å². The molecule has 0 aliphatic rings. The molecular formula is C5H13NO2. The maximum absolute atomic E-state index is 9.00. The molecule has 3 heteroatoms. The van der Waals surface area contributed by atoms with E-state index in [0.29, 0.717) is 0 Å². The van der Waals surface area contributed by atoms with E-state index in [1.54, 1.807) is 13.8 Å². The van der Waals surface area contributed by atoms with E-state index in [1.807, 2.05) is 0 Å². The minimum Gasteiger partial charge on any atom is -0.395 e. The molecule has 0 aromatic carbocycles. The van der Waals surface area contributed by atoms with Crippen molar-refractivity contribution in [2.75, 3.05) is 6.61 Å². The Labute approximate surface area is 49.1 Å². The van der Waals surface area contributed by atoms with Crippen LogP contribution in [0.5, 0.6) is 0 Å². The lowest BCUT2D eigenvalue weighted by atomic mass is 10.0. The van der Waals surface area contributed by atoms with Crippen LogP contribution in [-0.4, -0.2) is 28.5 Å². The maximum atomic E-state index is 9.00. The second-order valence-corrected chi connectivity index (χ2v) is 2.44. The SMILES string of the molecule is CC(C)(O)C(N)CO. The first kappa shape index (κ1) is 7.88. The normalized spacial score (nSPS) is 16.1. The van der Waals surface area contributed by atoms with Gasteiger partial charge >= 0.3 is 0 Å². The third-order valence-corrected chi connectivity index (χ3v) is 1.10. The maximum Gasteiger partial charge on any atom is 0.0764 e. The van der Waals surface area contributed by atoms with Crippen molar-refractivity contribution in [3.63, 3.8) is 0 Å². The standard InChI is InChI=1S/C5H13NO2/c1-5(2,8)4(6)3-7/h4,7-8H,3,6H2,1-2H3. The summed E-state index contributed by atoms with van der Waals surface area (Å²) in [6.45, 7) is 2.95. The molecular weight excluding hydrogens is 106 g/mol. The van der Waals surface area contributed by atoms with Gasteiger partial charge in [-0.3, -0.25) is 0 Å². The third kappa shape index (κ3) is 2.26. The summed E-state index contributed by atoms with van der Waals surface area (Å²) in [7, 11) is 0. The zero-order chi connectivity index (χ0) is 6.78. The van der Waals surface area contributed by atoms with Gasteiger partial charge in [-0.05, 0) is 13.8 Å². The molecule has 1 atom stereocenters. The van der Waals surface area contributed by atoms with Crippen molar-refractivity contribution in [3.8, 4) is 0 Å². The van der Waals surface area contributed by atoms with Crippen molar-refractivity contribution in [2.24, 2.45) is 5.73 Å². The average molecular weight is 119 g/mol. The number of hydrogen-bond donors (Lipinski definition) is 3. The lowest BCUT2D eigenvalue weighted by molar-refractivity contribution is 0.0302. The Hall–Kier alpha value is -0.120. The molecule has 0 fully saturated rings. The molecule has 3 nitrogen and oxygen atoms in total. The zero-order valence-electron chi connectivity index (χ0n) is 5.26. The minimum atomic E-state index is -0.964. The summed E-state index contributed by atoms with van der Waals surface area (Å²) in [6, 6.07) is -0.539. The molecule has 4 N–H and O–H groups in total. The van der Waals surface area contributed by atoms with Crippen LogP contribution in [-0.2, 0) is 0 Å². The van der Waals surface area contributed by atoms with Crippen LogP contribution in [0.4, 0.5) is 0 Å². The van der Waals surface area contributed by atoms with Crippen LogP contribution in [0, 0.1) is 0 Å². The van der Waals surface area contributed by atoms with Gasteiger partial charge in [-0.1, -0.05) is 0 Å². The average Bonchev–Trinajstić information content (AvgIpc) is 1.62. The molecule has 0 aliphatic carbocycles. The lowest BCUT2D eigenvalue weighted by Gasteiger charge is -2.22. The third-order valence-electron chi connectivity index (χ3n) is 1.10. The van der Waals surface area contributed by atoms with Gasteiger partial charge in [0.15, 0.2) is 0 Å². The Morgan fingerprint density at radius 2 is 2.00 bits per heavy atom. The predicted molar refractivity (Wildman–Crippen MR) is 31.4 cm³/mol. The van der Waals surface area contributed by atoms with Crippen LogP contribution in [0.15, 0.2) is 0 Å². The fourth-order valence-corrected chi connectivity index (χ4v) is 0.223. The second kappa shape index (κ2) is 2.44. The quantitative estimate of drug-likeness (QED) is 0.440. The molecule has 0 saturated heterocycles. The van der Waals surface area contributed by atoms with E-state index in [9.17, 15) is 0 Å². The molecule has 0 bridgehead atoms. The van der Waals surface area contributed by atoms with Crippen molar-refractivity contribution >= 4 is 0 Å². The Bertz CT molecular complexity index is 67.3. The molecule has 0 aromatic rings. The van der Waals surface area contributed by atoms with Gasteiger partial charge < -0.3 is 15.9 Å². The van der Waals surface area contributed by atoms with Gasteiger partial charge in [-0.2, -0.15) is 0 Å². The van der Waals surface area contributed by atoms with Crippen LogP contribution in [0.25, 0.3) is 0 Å². The summed E-state index contributed by atoms with van der Waals surface area (Å²) in [6.07, 6.45) is 0. The Kier molecular flexibility index (Phi) is 2.40. The van der Waals surface area contributed by atoms with Gasteiger partial charge in [0.2, 0.25) is 0 Å². The molecule has 8 heavy (non-hydrogen) atoms. The fraction of sp³-hybridized carbons (Fsp3) is 1.00. The van der Waals surface area contributed by atoms with Crippen LogP contribution in [0.2, 0.25) is 0 Å². The Balaban J connectivity index is 3.62. The number of aliphatic hydroxyl groups excluding tert-OH is 1. The summed E-state index contributed by atoms with van der Waals surface area (Å²) in [5.41, 5.74) is 4.29. The first-order valence-corrected chi connectivity index (χ1v) is 2.57. The van der Waals surface area contributed by atoms with Gasteiger partial charge in [0.25, 0.3) is 0 Å². The Morgan fingerprint density at radius 1 is 1.62 bits per heavy atom. The molecule has 0 saturated carbocycles. The first-order chi connectivity index (χ1) is 3.48. The molecule has 0 amide bonds. The van der Waals surface area contributed by atoms with E-state index >= 15 is 0 Å². The van der Waals surface area contributed by atoms with E-state index in [0.717, 1.165) is 0 Å². The van der Waals surface area contributed by atoms with Crippen LogP contribution in [0.3, 0.4) is 0 Å². The molecule has 1 unspecified atom stereocenters. The molecule has 0 spiro atoms. The number of rotatable bonds is 2. The molecule has 0 aliphatic heterocycles. The summed E-state index contributed by atoms with van der Waals surface area (Å²) >= 11 is 0. The van der Waals surface area contributed by atoms with Gasteiger partial charge in [-0.15, -0.1) is 0 Å². The molecule has 0 aromatic heterocycles. The van der Waals surface area contributed by atoms with Crippen molar-refractivity contribution in [1.29, 1.82) is 0 Å². The first-order valence-electron chi connectivity index (χ1n) is 2.57. The second-order valence-electron chi connectivity index (χ2n) is 2.44. The van der Waals surface area contributed by atoms with Crippen molar-refractivity contribution in [1.82, 2.24) is 0 Å². The van der Waals surface area contributed by atoms with Crippen LogP contribution in [0.1, 0.15) is 13.8 Å². The molecule has 0 rings (SSSR count). The van der Waals surface area contributed by atoms with Gasteiger partial charge in [0.05, 0.1) is 18.2 Å². The highest BCUT2D eigenvalue weighted by atomic mass is 16.3. The minimum absolute atomic E-state index is 0.177. The summed E-state index contributed by atoms with van der Waals surface area (Å²) in [4.78, 5) is 0. The lowest BCUT2D eigenvalue weighted by Crippen LogP contribution is -2.45. The predicted octanol–water partition coefficient (Wildman–Crippen LogP) is -0.923. The van der Waals surface area contributed by atoms with E-state index in [4.69, 9.17) is 15.9 Å². The molecule has 0 heterocycles. The zero-order valence-corrected chi connectivity index (χ0v) is 5.26. The number of hydrogen-bond acceptors (Lipinski definition) is 3. The fourth-order valence-electron chi connectivity index (χ4n) is 0.223. The summed E-state index contributed by atoms with van der Waals surface area (Å²) in [5, 5.41) is 17.4. The van der Waals surface area contributed by atoms with Crippen molar-refractivity contribution in [3.05, 3.63) is 0 Å². The van der Waals surface area contributed by atoms with Crippen molar-refractivity contribution < 1.29 is 10.2 Å². The highest BCUT2D eigenvalue weighted by molar-refractivity contribution is 4.78. The highest BCUT2D eigenvalue weighted by Gasteiger charge is 2.21. The Morgan fingerprint density at radius 3 is 2.00 bits per heavy atom. The van der Waals surface area contributed by atoms with E-state index in [1.165, 1.54) is 0 Å². The summed E-state index contributed by atoms with van der Waals surface area (Å²) < 4.78 is 0. The van der Waals surface area contributed by atoms with Gasteiger partial charge in [0, 0.05) is 0 Å². The summed E-state index contributed by atoms with van der Waals surface area (Å²) in [5.74, 6) is 0. The van der Waals surface area contributed by atoms with E-state index in [2.05, 4.69) is 0 Å². The van der Waals surface area contributed by atoms with Crippen molar-refractivity contribution in [2.45, 2.75) is 25.5 Å². The largest absolute Gasteiger partial charge is 0.395 e. The number of aliphatic hydroxyl groups is 2. The van der Waals surface area contributed by atoms with Gasteiger partial charge in [0.1, 0.15) is 0 Å². The molecule has 50 valence electrons.